The molecular weight excluding hydrogens is 390 g/mol. The van der Waals surface area contributed by atoms with Crippen LogP contribution in [0.15, 0.2) is 24.3 Å². The molecule has 2 heterocycles. The van der Waals surface area contributed by atoms with Gasteiger partial charge in [0.1, 0.15) is 0 Å². The van der Waals surface area contributed by atoms with Crippen LogP contribution in [0.5, 0.6) is 0 Å². The van der Waals surface area contributed by atoms with Crippen molar-refractivity contribution in [3.8, 4) is 0 Å². The Morgan fingerprint density at radius 3 is 2.14 bits per heavy atom. The molecule has 1 N–H and O–H groups in total. The van der Waals surface area contributed by atoms with E-state index in [9.17, 15) is 9.59 Å². The first-order valence-corrected chi connectivity index (χ1v) is 10.3. The molecular formula is C20H29N5O3S. The van der Waals surface area contributed by atoms with Crippen LogP contribution in [0.1, 0.15) is 10.4 Å². The van der Waals surface area contributed by atoms with Crippen molar-refractivity contribution in [3.05, 3.63) is 29.8 Å². The Labute approximate surface area is 177 Å². The normalized spacial score (nSPS) is 18.4. The molecule has 158 valence electrons. The van der Waals surface area contributed by atoms with Gasteiger partial charge in [-0.2, -0.15) is 0 Å². The minimum atomic E-state index is -0.360. The molecule has 9 heteroatoms. The molecule has 3 rings (SSSR count). The summed E-state index contributed by atoms with van der Waals surface area (Å²) < 4.78 is 4.71. The van der Waals surface area contributed by atoms with Crippen molar-refractivity contribution in [2.75, 3.05) is 78.4 Å². The minimum Gasteiger partial charge on any atom is -0.465 e. The second kappa shape index (κ2) is 10.00. The molecule has 0 unspecified atom stereocenters. The number of carbonyl (C=O) groups excluding carboxylic acids is 2. The number of esters is 1. The molecule has 0 aliphatic carbocycles. The maximum absolute atomic E-state index is 12.5. The van der Waals surface area contributed by atoms with Gasteiger partial charge in [0.15, 0.2) is 5.11 Å². The second-order valence-corrected chi connectivity index (χ2v) is 7.83. The lowest BCUT2D eigenvalue weighted by Gasteiger charge is -2.38. The Hall–Kier alpha value is -2.23. The van der Waals surface area contributed by atoms with Gasteiger partial charge in [-0.25, -0.2) is 4.79 Å². The number of thiocarbonyl (C=S) groups is 1. The van der Waals surface area contributed by atoms with Gasteiger partial charge in [-0.15, -0.1) is 0 Å². The molecule has 0 radical (unpaired) electrons. The van der Waals surface area contributed by atoms with Gasteiger partial charge in [0, 0.05) is 58.0 Å². The first-order valence-electron chi connectivity index (χ1n) is 9.89. The van der Waals surface area contributed by atoms with Gasteiger partial charge in [-0.1, -0.05) is 0 Å². The molecule has 8 nitrogen and oxygen atoms in total. The quantitative estimate of drug-likeness (QED) is 0.561. The number of hydrogen-bond acceptors (Lipinski definition) is 6. The fraction of sp³-hybridized carbons (Fsp3) is 0.550. The number of anilines is 1. The molecule has 1 aromatic rings. The average Bonchev–Trinajstić information content (AvgIpc) is 2.74. The van der Waals surface area contributed by atoms with Crippen molar-refractivity contribution < 1.29 is 14.3 Å². The molecule has 29 heavy (non-hydrogen) atoms. The minimum absolute atomic E-state index is 0.220. The zero-order valence-electron chi connectivity index (χ0n) is 17.1. The standard InChI is InChI=1S/C20H29N5O3S/c1-22-7-11-24(12-8-22)18(26)15-23-9-13-25(14-10-23)20(29)21-17-5-3-16(4-6-17)19(27)28-2/h3-6H,7-15H2,1-2H3,(H,21,29). The molecule has 2 aliphatic heterocycles. The molecule has 2 saturated heterocycles. The zero-order valence-corrected chi connectivity index (χ0v) is 17.9. The van der Waals surface area contributed by atoms with Crippen LogP contribution >= 0.6 is 12.2 Å². The van der Waals surface area contributed by atoms with E-state index in [4.69, 9.17) is 17.0 Å². The maximum Gasteiger partial charge on any atom is 0.337 e. The average molecular weight is 420 g/mol. The van der Waals surface area contributed by atoms with Crippen LogP contribution in [-0.2, 0) is 9.53 Å². The van der Waals surface area contributed by atoms with Crippen LogP contribution in [0.3, 0.4) is 0 Å². The second-order valence-electron chi connectivity index (χ2n) is 7.45. The van der Waals surface area contributed by atoms with Crippen LogP contribution < -0.4 is 5.32 Å². The summed E-state index contributed by atoms with van der Waals surface area (Å²) in [4.78, 5) is 32.5. The van der Waals surface area contributed by atoms with Gasteiger partial charge < -0.3 is 24.8 Å². The Morgan fingerprint density at radius 1 is 0.966 bits per heavy atom. The van der Waals surface area contributed by atoms with Crippen LogP contribution in [0.25, 0.3) is 0 Å². The van der Waals surface area contributed by atoms with E-state index in [1.54, 1.807) is 12.1 Å². The molecule has 0 saturated carbocycles. The van der Waals surface area contributed by atoms with Crippen molar-refractivity contribution in [3.63, 3.8) is 0 Å². The number of nitrogens with one attached hydrogen (secondary N) is 1. The smallest absolute Gasteiger partial charge is 0.337 e. The fourth-order valence-electron chi connectivity index (χ4n) is 3.47. The third kappa shape index (κ3) is 5.88. The van der Waals surface area contributed by atoms with Gasteiger partial charge in [0.2, 0.25) is 5.91 Å². The Kier molecular flexibility index (Phi) is 7.40. The molecule has 2 fully saturated rings. The van der Waals surface area contributed by atoms with Crippen LogP contribution in [0.2, 0.25) is 0 Å². The third-order valence-electron chi connectivity index (χ3n) is 5.43. The molecule has 1 amide bonds. The molecule has 0 atom stereocenters. The highest BCUT2D eigenvalue weighted by Gasteiger charge is 2.24. The number of likely N-dealkylation sites (N-methyl/N-ethyl adjacent to an activating group) is 1. The molecule has 1 aromatic carbocycles. The summed E-state index contributed by atoms with van der Waals surface area (Å²) >= 11 is 5.53. The van der Waals surface area contributed by atoms with E-state index in [0.717, 1.165) is 58.0 Å². The Bertz CT molecular complexity index is 726. The largest absolute Gasteiger partial charge is 0.465 e. The van der Waals surface area contributed by atoms with Crippen LogP contribution in [0, 0.1) is 0 Å². The predicted molar refractivity (Wildman–Crippen MR) is 116 cm³/mol. The molecule has 0 aromatic heterocycles. The van der Waals surface area contributed by atoms with E-state index < -0.39 is 0 Å². The van der Waals surface area contributed by atoms with Gasteiger partial charge in [-0.05, 0) is 43.5 Å². The van der Waals surface area contributed by atoms with Crippen molar-refractivity contribution in [1.29, 1.82) is 0 Å². The van der Waals surface area contributed by atoms with E-state index in [2.05, 4.69) is 27.1 Å². The topological polar surface area (TPSA) is 68.4 Å². The lowest BCUT2D eigenvalue weighted by molar-refractivity contribution is -0.134. The van der Waals surface area contributed by atoms with Gasteiger partial charge in [0.05, 0.1) is 19.2 Å². The molecule has 2 aliphatic rings. The number of nitrogens with zero attached hydrogens (tertiary/aromatic N) is 4. The van der Waals surface area contributed by atoms with Gasteiger partial charge in [0.25, 0.3) is 0 Å². The van der Waals surface area contributed by atoms with E-state index in [0.29, 0.717) is 17.2 Å². The molecule has 0 bridgehead atoms. The van der Waals surface area contributed by atoms with E-state index in [1.165, 1.54) is 7.11 Å². The number of amides is 1. The van der Waals surface area contributed by atoms with Crippen molar-refractivity contribution in [2.24, 2.45) is 0 Å². The summed E-state index contributed by atoms with van der Waals surface area (Å²) in [5, 5.41) is 3.87. The van der Waals surface area contributed by atoms with Gasteiger partial charge in [-0.3, -0.25) is 9.69 Å². The van der Waals surface area contributed by atoms with E-state index in [1.807, 2.05) is 17.0 Å². The highest BCUT2D eigenvalue weighted by atomic mass is 32.1. The summed E-state index contributed by atoms with van der Waals surface area (Å²) in [6.45, 7) is 7.18. The number of benzene rings is 1. The number of rotatable bonds is 4. The lowest BCUT2D eigenvalue weighted by atomic mass is 10.2. The van der Waals surface area contributed by atoms with Crippen LogP contribution in [-0.4, -0.2) is 110 Å². The summed E-state index contributed by atoms with van der Waals surface area (Å²) in [7, 11) is 3.45. The molecule has 0 spiro atoms. The van der Waals surface area contributed by atoms with Crippen molar-refractivity contribution in [2.45, 2.75) is 0 Å². The Morgan fingerprint density at radius 2 is 1.55 bits per heavy atom. The highest BCUT2D eigenvalue weighted by molar-refractivity contribution is 7.80. The summed E-state index contributed by atoms with van der Waals surface area (Å²) in [5.41, 5.74) is 1.33. The first kappa shape index (κ1) is 21.5. The van der Waals surface area contributed by atoms with Crippen molar-refractivity contribution in [1.82, 2.24) is 19.6 Å². The Balaban J connectivity index is 1.42. The third-order valence-corrected chi connectivity index (χ3v) is 5.79. The zero-order chi connectivity index (χ0) is 20.8. The highest BCUT2D eigenvalue weighted by Crippen LogP contribution is 2.13. The maximum atomic E-state index is 12.5. The monoisotopic (exact) mass is 419 g/mol. The number of ether oxygens (including phenoxy) is 1. The van der Waals surface area contributed by atoms with Gasteiger partial charge >= 0.3 is 5.97 Å². The summed E-state index contributed by atoms with van der Waals surface area (Å²) in [6, 6.07) is 7.03. The van der Waals surface area contributed by atoms with Crippen molar-refractivity contribution >= 4 is 34.9 Å². The first-order chi connectivity index (χ1) is 14.0. The SMILES string of the molecule is COC(=O)c1ccc(NC(=S)N2CCN(CC(=O)N3CCN(C)CC3)CC2)cc1. The number of methoxy groups -OCH3 is 1. The van der Waals surface area contributed by atoms with Crippen LogP contribution in [0.4, 0.5) is 5.69 Å². The summed E-state index contributed by atoms with van der Waals surface area (Å²) in [6.07, 6.45) is 0. The summed E-state index contributed by atoms with van der Waals surface area (Å²) in [5.74, 6) is -0.140. The predicted octanol–water partition coefficient (Wildman–Crippen LogP) is 0.562. The number of piperazine rings is 2. The number of carbonyl (C=O) groups is 2. The lowest BCUT2D eigenvalue weighted by Crippen LogP contribution is -2.54. The number of hydrogen-bond donors (Lipinski definition) is 1. The van der Waals surface area contributed by atoms with E-state index in [-0.39, 0.29) is 11.9 Å². The fourth-order valence-corrected chi connectivity index (χ4v) is 3.77. The van der Waals surface area contributed by atoms with E-state index >= 15 is 0 Å².